The third-order valence-corrected chi connectivity index (χ3v) is 5.27. The SMILES string of the molecule is CCNC(=NCCN(CC)CC)NC1CCS(=O)(=O)C1. The molecule has 20 heavy (non-hydrogen) atoms. The molecule has 0 bridgehead atoms. The highest BCUT2D eigenvalue weighted by Crippen LogP contribution is 2.10. The molecule has 0 aliphatic carbocycles. The minimum absolute atomic E-state index is 0.00810. The van der Waals surface area contributed by atoms with Crippen molar-refractivity contribution in [2.75, 3.05) is 44.2 Å². The average molecular weight is 304 g/mol. The lowest BCUT2D eigenvalue weighted by Gasteiger charge is -2.18. The summed E-state index contributed by atoms with van der Waals surface area (Å²) < 4.78 is 22.9. The zero-order chi connectivity index (χ0) is 15.0. The summed E-state index contributed by atoms with van der Waals surface area (Å²) in [5.74, 6) is 1.22. The van der Waals surface area contributed by atoms with Crippen LogP contribution in [0.15, 0.2) is 4.99 Å². The van der Waals surface area contributed by atoms with E-state index in [0.29, 0.717) is 6.42 Å². The van der Waals surface area contributed by atoms with Crippen LogP contribution in [0, 0.1) is 0 Å². The Labute approximate surface area is 122 Å². The molecule has 0 amide bonds. The van der Waals surface area contributed by atoms with Crippen molar-refractivity contribution in [3.05, 3.63) is 0 Å². The van der Waals surface area contributed by atoms with Crippen LogP contribution in [-0.4, -0.2) is 69.5 Å². The molecule has 1 unspecified atom stereocenters. The maximum absolute atomic E-state index is 11.5. The average Bonchev–Trinajstić information content (AvgIpc) is 2.74. The minimum Gasteiger partial charge on any atom is -0.357 e. The Kier molecular flexibility index (Phi) is 7.29. The molecule has 0 aromatic carbocycles. The molecule has 1 saturated heterocycles. The molecule has 7 heteroatoms. The topological polar surface area (TPSA) is 73.8 Å². The van der Waals surface area contributed by atoms with Crippen molar-refractivity contribution in [3.8, 4) is 0 Å². The lowest BCUT2D eigenvalue weighted by molar-refractivity contribution is 0.313. The molecule has 1 atom stereocenters. The van der Waals surface area contributed by atoms with E-state index in [-0.39, 0.29) is 17.5 Å². The first-order valence-electron chi connectivity index (χ1n) is 7.48. The number of nitrogens with zero attached hydrogens (tertiary/aromatic N) is 2. The van der Waals surface area contributed by atoms with Crippen LogP contribution in [0.25, 0.3) is 0 Å². The van der Waals surface area contributed by atoms with Gasteiger partial charge in [-0.3, -0.25) is 4.99 Å². The normalized spacial score (nSPS) is 22.2. The smallest absolute Gasteiger partial charge is 0.191 e. The van der Waals surface area contributed by atoms with Gasteiger partial charge in [0.05, 0.1) is 18.1 Å². The Hall–Kier alpha value is -0.820. The van der Waals surface area contributed by atoms with E-state index in [9.17, 15) is 8.42 Å². The molecule has 0 aromatic heterocycles. The fraction of sp³-hybridized carbons (Fsp3) is 0.923. The summed E-state index contributed by atoms with van der Waals surface area (Å²) in [5, 5.41) is 6.40. The Morgan fingerprint density at radius 1 is 1.30 bits per heavy atom. The highest BCUT2D eigenvalue weighted by molar-refractivity contribution is 7.91. The molecule has 0 saturated carbocycles. The van der Waals surface area contributed by atoms with Crippen molar-refractivity contribution >= 4 is 15.8 Å². The van der Waals surface area contributed by atoms with Crippen LogP contribution in [0.4, 0.5) is 0 Å². The predicted molar refractivity (Wildman–Crippen MR) is 84.0 cm³/mol. The molecule has 1 heterocycles. The van der Waals surface area contributed by atoms with Crippen molar-refractivity contribution in [1.29, 1.82) is 0 Å². The fourth-order valence-electron chi connectivity index (χ4n) is 2.27. The second-order valence-corrected chi connectivity index (χ2v) is 7.26. The molecule has 0 spiro atoms. The van der Waals surface area contributed by atoms with E-state index in [2.05, 4.69) is 34.4 Å². The second-order valence-electron chi connectivity index (χ2n) is 5.03. The summed E-state index contributed by atoms with van der Waals surface area (Å²) in [5.41, 5.74) is 0. The van der Waals surface area contributed by atoms with Gasteiger partial charge in [-0.1, -0.05) is 13.8 Å². The van der Waals surface area contributed by atoms with Crippen LogP contribution >= 0.6 is 0 Å². The van der Waals surface area contributed by atoms with Gasteiger partial charge in [-0.2, -0.15) is 0 Å². The van der Waals surface area contributed by atoms with Gasteiger partial charge >= 0.3 is 0 Å². The van der Waals surface area contributed by atoms with E-state index < -0.39 is 9.84 Å². The van der Waals surface area contributed by atoms with Crippen LogP contribution in [0.3, 0.4) is 0 Å². The number of guanidine groups is 1. The first kappa shape index (κ1) is 17.2. The fourth-order valence-corrected chi connectivity index (χ4v) is 3.94. The summed E-state index contributed by atoms with van der Waals surface area (Å²) in [4.78, 5) is 6.83. The number of sulfone groups is 1. The van der Waals surface area contributed by atoms with Crippen LogP contribution in [0.2, 0.25) is 0 Å². The van der Waals surface area contributed by atoms with Gasteiger partial charge in [0.1, 0.15) is 0 Å². The Balaban J connectivity index is 2.47. The van der Waals surface area contributed by atoms with Gasteiger partial charge < -0.3 is 15.5 Å². The van der Waals surface area contributed by atoms with Gasteiger partial charge in [-0.15, -0.1) is 0 Å². The van der Waals surface area contributed by atoms with Crippen molar-refractivity contribution < 1.29 is 8.42 Å². The molecule has 1 rings (SSSR count). The van der Waals surface area contributed by atoms with E-state index in [1.807, 2.05) is 6.92 Å². The van der Waals surface area contributed by atoms with Crippen molar-refractivity contribution in [2.24, 2.45) is 4.99 Å². The van der Waals surface area contributed by atoms with E-state index in [1.165, 1.54) is 0 Å². The molecule has 1 aliphatic heterocycles. The second kappa shape index (κ2) is 8.46. The van der Waals surface area contributed by atoms with E-state index in [0.717, 1.165) is 38.7 Å². The zero-order valence-corrected chi connectivity index (χ0v) is 13.7. The molecule has 0 radical (unpaired) electrons. The third kappa shape index (κ3) is 6.09. The number of hydrogen-bond donors (Lipinski definition) is 2. The summed E-state index contributed by atoms with van der Waals surface area (Å²) in [6, 6.07) is -0.00810. The monoisotopic (exact) mass is 304 g/mol. The van der Waals surface area contributed by atoms with Crippen LogP contribution in [0.5, 0.6) is 0 Å². The van der Waals surface area contributed by atoms with E-state index >= 15 is 0 Å². The minimum atomic E-state index is -2.85. The maximum Gasteiger partial charge on any atom is 0.191 e. The molecule has 1 fully saturated rings. The third-order valence-electron chi connectivity index (χ3n) is 3.50. The standard InChI is InChI=1S/C13H28N4O2S/c1-4-14-13(15-8-9-17(5-2)6-3)16-12-7-10-20(18,19)11-12/h12H,4-11H2,1-3H3,(H2,14,15,16). The molecular weight excluding hydrogens is 276 g/mol. The Morgan fingerprint density at radius 3 is 2.50 bits per heavy atom. The number of likely N-dealkylation sites (N-methyl/N-ethyl adjacent to an activating group) is 1. The van der Waals surface area contributed by atoms with Crippen LogP contribution in [0.1, 0.15) is 27.2 Å². The van der Waals surface area contributed by atoms with E-state index in [1.54, 1.807) is 0 Å². The van der Waals surface area contributed by atoms with Gasteiger partial charge in [-0.05, 0) is 26.4 Å². The first-order valence-corrected chi connectivity index (χ1v) is 9.30. The molecule has 6 nitrogen and oxygen atoms in total. The highest BCUT2D eigenvalue weighted by atomic mass is 32.2. The Bertz CT molecular complexity index is 405. The number of aliphatic imine (C=N–C) groups is 1. The summed E-state index contributed by atoms with van der Waals surface area (Å²) in [6.45, 7) is 10.8. The Morgan fingerprint density at radius 2 is 2.00 bits per heavy atom. The summed E-state index contributed by atoms with van der Waals surface area (Å²) in [6.07, 6.45) is 0.669. The summed E-state index contributed by atoms with van der Waals surface area (Å²) >= 11 is 0. The van der Waals surface area contributed by atoms with Crippen LogP contribution < -0.4 is 10.6 Å². The van der Waals surface area contributed by atoms with Crippen molar-refractivity contribution in [3.63, 3.8) is 0 Å². The van der Waals surface area contributed by atoms with Crippen LogP contribution in [-0.2, 0) is 9.84 Å². The van der Waals surface area contributed by atoms with Crippen molar-refractivity contribution in [2.45, 2.75) is 33.2 Å². The molecule has 2 N–H and O–H groups in total. The highest BCUT2D eigenvalue weighted by Gasteiger charge is 2.28. The number of hydrogen-bond acceptors (Lipinski definition) is 4. The van der Waals surface area contributed by atoms with Gasteiger partial charge in [0, 0.05) is 19.1 Å². The largest absolute Gasteiger partial charge is 0.357 e. The van der Waals surface area contributed by atoms with Gasteiger partial charge in [0.2, 0.25) is 0 Å². The van der Waals surface area contributed by atoms with Gasteiger partial charge in [0.15, 0.2) is 15.8 Å². The maximum atomic E-state index is 11.5. The predicted octanol–water partition coefficient (Wildman–Crippen LogP) is 0.0704. The van der Waals surface area contributed by atoms with E-state index in [4.69, 9.17) is 0 Å². The number of nitrogens with one attached hydrogen (secondary N) is 2. The molecular formula is C13H28N4O2S. The molecule has 1 aliphatic rings. The molecule has 0 aromatic rings. The zero-order valence-electron chi connectivity index (χ0n) is 12.9. The lowest BCUT2D eigenvalue weighted by Crippen LogP contribution is -2.44. The van der Waals surface area contributed by atoms with Gasteiger partial charge in [-0.25, -0.2) is 8.42 Å². The van der Waals surface area contributed by atoms with Crippen molar-refractivity contribution in [1.82, 2.24) is 15.5 Å². The number of rotatable bonds is 7. The van der Waals surface area contributed by atoms with Gasteiger partial charge in [0.25, 0.3) is 0 Å². The first-order chi connectivity index (χ1) is 9.50. The quantitative estimate of drug-likeness (QED) is 0.514. The lowest BCUT2D eigenvalue weighted by atomic mass is 10.3. The summed E-state index contributed by atoms with van der Waals surface area (Å²) in [7, 11) is -2.85. The molecule has 118 valence electrons.